The van der Waals surface area contributed by atoms with E-state index < -0.39 is 0 Å². The number of anilines is 1. The largest absolute Gasteiger partial charge is 0.475 e. The summed E-state index contributed by atoms with van der Waals surface area (Å²) in [5, 5.41) is 26.3. The minimum atomic E-state index is 0.261. The second kappa shape index (κ2) is 17.9. The van der Waals surface area contributed by atoms with Crippen molar-refractivity contribution in [3.05, 3.63) is 108 Å². The minimum absolute atomic E-state index is 0.261. The Kier molecular flexibility index (Phi) is 13.1. The van der Waals surface area contributed by atoms with Crippen molar-refractivity contribution in [1.29, 1.82) is 0 Å². The number of hydrogen-bond donors (Lipinski definition) is 0. The van der Waals surface area contributed by atoms with Crippen LogP contribution in [0.5, 0.6) is 0 Å². The van der Waals surface area contributed by atoms with Crippen LogP contribution in [0.4, 0.5) is 39.8 Å². The van der Waals surface area contributed by atoms with E-state index in [4.69, 9.17) is 9.47 Å². The van der Waals surface area contributed by atoms with E-state index in [9.17, 15) is 0 Å². The zero-order valence-corrected chi connectivity index (χ0v) is 26.5. The predicted octanol–water partition coefficient (Wildman–Crippen LogP) is 11.8. The summed E-state index contributed by atoms with van der Waals surface area (Å²) in [4.78, 5) is 2.29. The first-order chi connectivity index (χ1) is 22.1. The molecule has 0 aromatic heterocycles. The summed E-state index contributed by atoms with van der Waals surface area (Å²) in [5.74, 6) is 0. The van der Waals surface area contributed by atoms with Crippen LogP contribution in [0.25, 0.3) is 6.08 Å². The van der Waals surface area contributed by atoms with Crippen LogP contribution in [0.1, 0.15) is 44.7 Å². The number of ether oxygens (including phenoxy) is 2. The molecule has 0 atom stereocenters. The third-order valence-corrected chi connectivity index (χ3v) is 6.89. The monoisotopic (exact) mass is 603 g/mol. The maximum Gasteiger partial charge on any atom is 0.188 e. The lowest BCUT2D eigenvalue weighted by Gasteiger charge is -2.20. The smallest absolute Gasteiger partial charge is 0.188 e. The molecule has 0 fully saturated rings. The van der Waals surface area contributed by atoms with Gasteiger partial charge in [-0.15, -0.1) is 0 Å². The van der Waals surface area contributed by atoms with Crippen LogP contribution in [-0.2, 0) is 9.47 Å². The van der Waals surface area contributed by atoms with E-state index in [1.54, 1.807) is 6.26 Å². The van der Waals surface area contributed by atoms with Crippen molar-refractivity contribution < 1.29 is 9.47 Å². The molecule has 45 heavy (non-hydrogen) atoms. The number of azo groups is 3. The van der Waals surface area contributed by atoms with Crippen LogP contribution in [0.3, 0.4) is 0 Å². The van der Waals surface area contributed by atoms with Gasteiger partial charge in [-0.1, -0.05) is 25.5 Å². The maximum absolute atomic E-state index is 5.37. The molecule has 4 aromatic carbocycles. The van der Waals surface area contributed by atoms with Crippen LogP contribution in [-0.4, -0.2) is 26.5 Å². The van der Waals surface area contributed by atoms with Crippen LogP contribution in [0.2, 0.25) is 0 Å². The van der Waals surface area contributed by atoms with Crippen molar-refractivity contribution in [3.8, 4) is 0 Å². The molecular formula is C36H41N7O2. The first-order valence-electron chi connectivity index (χ1n) is 15.3. The third-order valence-electron chi connectivity index (χ3n) is 6.89. The van der Waals surface area contributed by atoms with Gasteiger partial charge in [0.25, 0.3) is 0 Å². The first-order valence-corrected chi connectivity index (χ1v) is 15.3. The lowest BCUT2D eigenvalue weighted by atomic mass is 10.2. The second-order valence-corrected chi connectivity index (χ2v) is 10.2. The van der Waals surface area contributed by atoms with Crippen molar-refractivity contribution in [2.75, 3.05) is 31.4 Å². The highest BCUT2D eigenvalue weighted by atomic mass is 16.7. The van der Waals surface area contributed by atoms with Gasteiger partial charge in [-0.05, 0) is 123 Å². The van der Waals surface area contributed by atoms with E-state index in [0.29, 0.717) is 6.61 Å². The molecule has 0 spiro atoms. The van der Waals surface area contributed by atoms with E-state index in [2.05, 4.69) is 68.5 Å². The average molecular weight is 604 g/mol. The van der Waals surface area contributed by atoms with Crippen molar-refractivity contribution in [2.45, 2.75) is 40.5 Å². The molecule has 0 heterocycles. The molecule has 232 valence electrons. The van der Waals surface area contributed by atoms with E-state index in [0.717, 1.165) is 71.2 Å². The normalized spacial score (nSPS) is 11.8. The summed E-state index contributed by atoms with van der Waals surface area (Å²) in [7, 11) is 0. The van der Waals surface area contributed by atoms with Crippen molar-refractivity contribution in [1.82, 2.24) is 0 Å². The van der Waals surface area contributed by atoms with Gasteiger partial charge in [0.1, 0.15) is 0 Å². The molecule has 0 N–H and O–H groups in total. The van der Waals surface area contributed by atoms with Gasteiger partial charge in [0.2, 0.25) is 0 Å². The summed E-state index contributed by atoms with van der Waals surface area (Å²) < 4.78 is 10.7. The zero-order chi connectivity index (χ0) is 31.7. The summed E-state index contributed by atoms with van der Waals surface area (Å²) in [5.41, 5.74) is 7.69. The third kappa shape index (κ3) is 10.9. The Labute approximate surface area is 266 Å². The molecule has 0 amide bonds. The highest BCUT2D eigenvalue weighted by Crippen LogP contribution is 2.29. The molecule has 0 saturated heterocycles. The molecular weight excluding hydrogens is 562 g/mol. The van der Waals surface area contributed by atoms with Crippen molar-refractivity contribution in [3.63, 3.8) is 0 Å². The molecule has 0 aliphatic heterocycles. The Morgan fingerprint density at radius 2 is 1.13 bits per heavy atom. The summed E-state index contributed by atoms with van der Waals surface area (Å²) >= 11 is 0. The van der Waals surface area contributed by atoms with Crippen molar-refractivity contribution in [2.24, 2.45) is 30.7 Å². The van der Waals surface area contributed by atoms with Gasteiger partial charge in [0, 0.05) is 18.8 Å². The quantitative estimate of drug-likeness (QED) is 0.0551. The molecule has 9 nitrogen and oxygen atoms in total. The number of unbranched alkanes of at least 4 members (excludes halogenated alkanes) is 1. The van der Waals surface area contributed by atoms with Gasteiger partial charge in [0.05, 0.1) is 47.0 Å². The van der Waals surface area contributed by atoms with Gasteiger partial charge >= 0.3 is 0 Å². The van der Waals surface area contributed by atoms with E-state index in [1.807, 2.05) is 91.9 Å². The Hall–Kier alpha value is -5.02. The van der Waals surface area contributed by atoms with E-state index in [1.165, 1.54) is 5.69 Å². The Morgan fingerprint density at radius 3 is 1.69 bits per heavy atom. The average Bonchev–Trinajstić information content (AvgIpc) is 3.07. The highest BCUT2D eigenvalue weighted by molar-refractivity contribution is 5.56. The highest BCUT2D eigenvalue weighted by Gasteiger charge is 2.02. The summed E-state index contributed by atoms with van der Waals surface area (Å²) in [6, 6.07) is 29.0. The standard InChI is InChI=1S/C36H41N7O2/c1-5-8-24-44-27-45-25-23-29-9-11-30(12-10-29)37-38-31-13-15-32(16-14-31)40-42-36-22-19-34(26-28(36)4)41-39-33-17-20-35(21-18-33)43(6-2)7-3/h9-23,25-26H,5-8,24,27H2,1-4H3/b25-23+,38-37?,41-39?,42-40?. The van der Waals surface area contributed by atoms with Crippen LogP contribution >= 0.6 is 0 Å². The number of rotatable bonds is 16. The topological polar surface area (TPSA) is 95.9 Å². The van der Waals surface area contributed by atoms with Gasteiger partial charge in [-0.2, -0.15) is 30.7 Å². The maximum atomic E-state index is 5.37. The fraction of sp³-hybridized carbons (Fsp3) is 0.278. The summed E-state index contributed by atoms with van der Waals surface area (Å²) in [6.07, 6.45) is 5.67. The molecule has 0 bridgehead atoms. The summed E-state index contributed by atoms with van der Waals surface area (Å²) in [6.45, 7) is 11.3. The SMILES string of the molecule is CCCCOCO/C=C/c1ccc(N=Nc2ccc(N=Nc3ccc(N=Nc4ccc(N(CC)CC)cc4)cc3C)cc2)cc1. The van der Waals surface area contributed by atoms with Crippen LogP contribution in [0, 0.1) is 6.92 Å². The van der Waals surface area contributed by atoms with Gasteiger partial charge < -0.3 is 14.4 Å². The van der Waals surface area contributed by atoms with Crippen LogP contribution < -0.4 is 4.90 Å². The second-order valence-electron chi connectivity index (χ2n) is 10.2. The minimum Gasteiger partial charge on any atom is -0.475 e. The number of benzene rings is 4. The fourth-order valence-electron chi connectivity index (χ4n) is 4.23. The van der Waals surface area contributed by atoms with E-state index >= 15 is 0 Å². The Morgan fingerprint density at radius 1 is 0.622 bits per heavy atom. The molecule has 0 unspecified atom stereocenters. The first kappa shape index (κ1) is 32.9. The molecule has 0 aliphatic carbocycles. The van der Waals surface area contributed by atoms with Gasteiger partial charge in [-0.3, -0.25) is 0 Å². The lowest BCUT2D eigenvalue weighted by Crippen LogP contribution is -2.21. The predicted molar refractivity (Wildman–Crippen MR) is 182 cm³/mol. The Balaban J connectivity index is 1.27. The van der Waals surface area contributed by atoms with Crippen LogP contribution in [0.15, 0.2) is 128 Å². The Bertz CT molecular complexity index is 1580. The lowest BCUT2D eigenvalue weighted by molar-refractivity contribution is -0.0114. The molecule has 9 heteroatoms. The number of aryl methyl sites for hydroxylation is 1. The fourth-order valence-corrected chi connectivity index (χ4v) is 4.23. The zero-order valence-electron chi connectivity index (χ0n) is 26.5. The molecule has 0 radical (unpaired) electrons. The molecule has 0 saturated carbocycles. The van der Waals surface area contributed by atoms with Crippen molar-refractivity contribution >= 4 is 45.9 Å². The van der Waals surface area contributed by atoms with Gasteiger partial charge in [-0.25, -0.2) is 0 Å². The van der Waals surface area contributed by atoms with E-state index in [-0.39, 0.29) is 6.79 Å². The van der Waals surface area contributed by atoms with Gasteiger partial charge in [0.15, 0.2) is 6.79 Å². The number of hydrogen-bond acceptors (Lipinski definition) is 9. The number of nitrogens with zero attached hydrogens (tertiary/aromatic N) is 7. The molecule has 0 aliphatic rings. The molecule has 4 aromatic rings. The molecule has 4 rings (SSSR count).